The molecule has 0 bridgehead atoms. The van der Waals surface area contributed by atoms with E-state index in [1.807, 2.05) is 0 Å². The van der Waals surface area contributed by atoms with E-state index in [9.17, 15) is 0 Å². The van der Waals surface area contributed by atoms with Gasteiger partial charge in [-0.2, -0.15) is 0 Å². The molecular weight excluding hydrogens is 463 g/mol. The maximum atomic E-state index is 5.42. The number of nitrogens with one attached hydrogen (secondary N) is 2. The van der Waals surface area contributed by atoms with Crippen molar-refractivity contribution in [3.05, 3.63) is 64.7 Å². The van der Waals surface area contributed by atoms with Crippen LogP contribution in [0, 0.1) is 13.8 Å². The van der Waals surface area contributed by atoms with E-state index < -0.39 is 0 Å². The number of benzene rings is 2. The third-order valence-electron chi connectivity index (χ3n) is 4.94. The van der Waals surface area contributed by atoms with Crippen molar-refractivity contribution in [3.8, 4) is 0 Å². The molecule has 2 aromatic rings. The van der Waals surface area contributed by atoms with E-state index in [2.05, 4.69) is 76.8 Å². The number of hydrogen-bond donors (Lipinski definition) is 2. The van der Waals surface area contributed by atoms with Gasteiger partial charge in [0.25, 0.3) is 0 Å². The number of ether oxygens (including phenoxy) is 1. The van der Waals surface area contributed by atoms with Crippen LogP contribution < -0.4 is 15.5 Å². The molecule has 152 valence electrons. The molecule has 3 rings (SSSR count). The van der Waals surface area contributed by atoms with Crippen molar-refractivity contribution in [3.63, 3.8) is 0 Å². The maximum Gasteiger partial charge on any atom is 0.191 e. The number of halogens is 1. The van der Waals surface area contributed by atoms with Crippen LogP contribution in [0.2, 0.25) is 0 Å². The summed E-state index contributed by atoms with van der Waals surface area (Å²) in [5, 5.41) is 6.79. The van der Waals surface area contributed by atoms with E-state index in [0.29, 0.717) is 0 Å². The first-order valence-corrected chi connectivity index (χ1v) is 9.58. The van der Waals surface area contributed by atoms with Crippen molar-refractivity contribution >= 4 is 35.6 Å². The molecule has 0 saturated carbocycles. The Morgan fingerprint density at radius 3 is 2.32 bits per heavy atom. The van der Waals surface area contributed by atoms with Crippen molar-refractivity contribution in [2.45, 2.75) is 26.9 Å². The first-order valence-electron chi connectivity index (χ1n) is 9.58. The number of aryl methyl sites for hydroxylation is 2. The normalized spacial score (nSPS) is 14.4. The van der Waals surface area contributed by atoms with Gasteiger partial charge < -0.3 is 20.3 Å². The van der Waals surface area contributed by atoms with E-state index in [-0.39, 0.29) is 24.0 Å². The van der Waals surface area contributed by atoms with Gasteiger partial charge in [0.1, 0.15) is 0 Å². The highest BCUT2D eigenvalue weighted by Crippen LogP contribution is 2.16. The highest BCUT2D eigenvalue weighted by Gasteiger charge is 2.10. The van der Waals surface area contributed by atoms with Gasteiger partial charge in [-0.05, 0) is 42.7 Å². The quantitative estimate of drug-likeness (QED) is 0.379. The molecule has 1 fully saturated rings. The predicted molar refractivity (Wildman–Crippen MR) is 128 cm³/mol. The van der Waals surface area contributed by atoms with Crippen molar-refractivity contribution in [2.75, 3.05) is 38.3 Å². The molecule has 5 nitrogen and oxygen atoms in total. The molecule has 6 heteroatoms. The van der Waals surface area contributed by atoms with E-state index >= 15 is 0 Å². The zero-order valence-electron chi connectivity index (χ0n) is 17.0. The van der Waals surface area contributed by atoms with Crippen molar-refractivity contribution in [1.82, 2.24) is 10.6 Å². The average molecular weight is 494 g/mol. The van der Waals surface area contributed by atoms with Crippen LogP contribution in [0.15, 0.2) is 47.5 Å². The summed E-state index contributed by atoms with van der Waals surface area (Å²) in [4.78, 5) is 6.69. The number of aliphatic imine (C=N–C) groups is 1. The lowest BCUT2D eigenvalue weighted by molar-refractivity contribution is 0.122. The highest BCUT2D eigenvalue weighted by molar-refractivity contribution is 14.0. The van der Waals surface area contributed by atoms with Gasteiger partial charge in [0.2, 0.25) is 0 Å². The van der Waals surface area contributed by atoms with Gasteiger partial charge in [-0.15, -0.1) is 24.0 Å². The number of morpholine rings is 1. The van der Waals surface area contributed by atoms with Gasteiger partial charge >= 0.3 is 0 Å². The Kier molecular flexibility index (Phi) is 9.05. The molecule has 0 unspecified atom stereocenters. The van der Waals surface area contributed by atoms with E-state index in [1.54, 1.807) is 7.05 Å². The minimum absolute atomic E-state index is 0. The van der Waals surface area contributed by atoms with Crippen LogP contribution in [-0.4, -0.2) is 39.3 Å². The SMILES string of the molecule is CN=C(NCc1ccc(N2CCOCC2)cc1)NCc1ccc(C)cc1C.I. The monoisotopic (exact) mass is 494 g/mol. The first kappa shape index (κ1) is 22.5. The molecule has 0 aromatic heterocycles. The van der Waals surface area contributed by atoms with Crippen LogP contribution in [0.1, 0.15) is 22.3 Å². The van der Waals surface area contributed by atoms with Crippen LogP contribution in [-0.2, 0) is 17.8 Å². The van der Waals surface area contributed by atoms with Crippen molar-refractivity contribution in [2.24, 2.45) is 4.99 Å². The minimum atomic E-state index is 0. The molecule has 0 aliphatic carbocycles. The molecule has 0 atom stereocenters. The average Bonchev–Trinajstić information content (AvgIpc) is 2.70. The third kappa shape index (κ3) is 6.38. The Morgan fingerprint density at radius 1 is 1.00 bits per heavy atom. The summed E-state index contributed by atoms with van der Waals surface area (Å²) < 4.78 is 5.42. The van der Waals surface area contributed by atoms with Gasteiger partial charge in [0, 0.05) is 38.9 Å². The van der Waals surface area contributed by atoms with E-state index in [1.165, 1.54) is 27.9 Å². The Hall–Kier alpha value is -1.80. The molecule has 0 amide bonds. The lowest BCUT2D eigenvalue weighted by Crippen LogP contribution is -2.37. The molecule has 2 aromatic carbocycles. The lowest BCUT2D eigenvalue weighted by atomic mass is 10.1. The Balaban J connectivity index is 0.00000280. The summed E-state index contributed by atoms with van der Waals surface area (Å²) in [6.45, 7) is 9.33. The first-order chi connectivity index (χ1) is 13.2. The second kappa shape index (κ2) is 11.3. The number of nitrogens with zero attached hydrogens (tertiary/aromatic N) is 2. The second-order valence-corrected chi connectivity index (χ2v) is 6.98. The number of rotatable bonds is 5. The largest absolute Gasteiger partial charge is 0.378 e. The van der Waals surface area contributed by atoms with E-state index in [4.69, 9.17) is 4.74 Å². The van der Waals surface area contributed by atoms with Crippen LogP contribution in [0.25, 0.3) is 0 Å². The maximum absolute atomic E-state index is 5.42. The fourth-order valence-corrected chi connectivity index (χ4v) is 3.28. The molecule has 2 N–H and O–H groups in total. The third-order valence-corrected chi connectivity index (χ3v) is 4.94. The van der Waals surface area contributed by atoms with Gasteiger partial charge in [0.15, 0.2) is 5.96 Å². The molecule has 1 aliphatic heterocycles. The minimum Gasteiger partial charge on any atom is -0.378 e. The second-order valence-electron chi connectivity index (χ2n) is 6.98. The Bertz CT molecular complexity index is 771. The predicted octanol–water partition coefficient (Wildman–Crippen LogP) is 3.62. The van der Waals surface area contributed by atoms with Gasteiger partial charge in [0.05, 0.1) is 13.2 Å². The summed E-state index contributed by atoms with van der Waals surface area (Å²) in [6, 6.07) is 15.3. The van der Waals surface area contributed by atoms with Crippen molar-refractivity contribution in [1.29, 1.82) is 0 Å². The molecule has 0 spiro atoms. The van der Waals surface area contributed by atoms with Gasteiger partial charge in [-0.1, -0.05) is 35.9 Å². The van der Waals surface area contributed by atoms with Gasteiger partial charge in [-0.3, -0.25) is 4.99 Å². The number of guanidine groups is 1. The summed E-state index contributed by atoms with van der Waals surface area (Å²) in [7, 11) is 1.80. The van der Waals surface area contributed by atoms with E-state index in [0.717, 1.165) is 45.4 Å². The van der Waals surface area contributed by atoms with Crippen LogP contribution in [0.4, 0.5) is 5.69 Å². The van der Waals surface area contributed by atoms with Gasteiger partial charge in [-0.25, -0.2) is 0 Å². The fourth-order valence-electron chi connectivity index (χ4n) is 3.28. The van der Waals surface area contributed by atoms with Crippen LogP contribution in [0.5, 0.6) is 0 Å². The summed E-state index contributed by atoms with van der Waals surface area (Å²) in [5.74, 6) is 0.812. The zero-order valence-corrected chi connectivity index (χ0v) is 19.3. The van der Waals surface area contributed by atoms with Crippen LogP contribution in [0.3, 0.4) is 0 Å². The van der Waals surface area contributed by atoms with Crippen molar-refractivity contribution < 1.29 is 4.74 Å². The topological polar surface area (TPSA) is 48.9 Å². The zero-order chi connectivity index (χ0) is 19.1. The molecule has 28 heavy (non-hydrogen) atoms. The summed E-state index contributed by atoms with van der Waals surface area (Å²) in [5.41, 5.74) is 6.38. The number of hydrogen-bond acceptors (Lipinski definition) is 3. The molecule has 0 radical (unpaired) electrons. The molecule has 1 heterocycles. The molecule has 1 saturated heterocycles. The molecule has 1 aliphatic rings. The smallest absolute Gasteiger partial charge is 0.191 e. The number of anilines is 1. The lowest BCUT2D eigenvalue weighted by Gasteiger charge is -2.28. The van der Waals surface area contributed by atoms with Crippen LogP contribution >= 0.6 is 24.0 Å². The Labute approximate surface area is 185 Å². The summed E-state index contributed by atoms with van der Waals surface area (Å²) >= 11 is 0. The Morgan fingerprint density at radius 2 is 1.68 bits per heavy atom. The standard InChI is InChI=1S/C22H30N4O.HI/c1-17-4-7-20(18(2)14-17)16-25-22(23-3)24-15-19-5-8-21(9-6-19)26-10-12-27-13-11-26;/h4-9,14H,10-13,15-16H2,1-3H3,(H2,23,24,25);1H. The highest BCUT2D eigenvalue weighted by atomic mass is 127. The molecular formula is C22H31IN4O. The summed E-state index contributed by atoms with van der Waals surface area (Å²) in [6.07, 6.45) is 0. The fraction of sp³-hybridized carbons (Fsp3) is 0.409.